The summed E-state index contributed by atoms with van der Waals surface area (Å²) in [6, 6.07) is 20.9. The number of rotatable bonds is 5. The summed E-state index contributed by atoms with van der Waals surface area (Å²) in [5.74, 6) is 0. The van der Waals surface area contributed by atoms with E-state index >= 15 is 0 Å². The molecule has 1 N–H and O–H groups in total. The van der Waals surface area contributed by atoms with Crippen LogP contribution in [0, 0.1) is 0 Å². The van der Waals surface area contributed by atoms with Crippen molar-refractivity contribution in [3.8, 4) is 0 Å². The van der Waals surface area contributed by atoms with Gasteiger partial charge in [0.05, 0.1) is 23.5 Å². The van der Waals surface area contributed by atoms with Gasteiger partial charge in [-0.2, -0.15) is 0 Å². The Morgan fingerprint density at radius 2 is 1.59 bits per heavy atom. The summed E-state index contributed by atoms with van der Waals surface area (Å²) < 4.78 is 5.81. The Morgan fingerprint density at radius 1 is 1.00 bits per heavy atom. The first-order chi connectivity index (χ1) is 10.9. The number of hydrogen-bond donors (Lipinski definition) is 1. The normalized spacial score (nSPS) is 21.3. The van der Waals surface area contributed by atoms with Gasteiger partial charge < -0.3 is 4.74 Å². The fourth-order valence-corrected chi connectivity index (χ4v) is 2.79. The summed E-state index contributed by atoms with van der Waals surface area (Å²) in [6.45, 7) is 4.71. The number of hydrazine groups is 1. The highest BCUT2D eigenvalue weighted by Gasteiger charge is 2.25. The summed E-state index contributed by atoms with van der Waals surface area (Å²) in [4.78, 5) is 0. The van der Waals surface area contributed by atoms with Crippen LogP contribution in [-0.2, 0) is 4.74 Å². The maximum absolute atomic E-state index is 5.81. The Labute approximate surface area is 132 Å². The van der Waals surface area contributed by atoms with Crippen LogP contribution < -0.4 is 10.4 Å². The SMILES string of the molecule is C=C[C@@H]1OCCC[C@H]1NN(c1ccccc1)c1ccccc1. The summed E-state index contributed by atoms with van der Waals surface area (Å²) >= 11 is 0. The lowest BCUT2D eigenvalue weighted by Gasteiger charge is -2.36. The van der Waals surface area contributed by atoms with Crippen LogP contribution in [-0.4, -0.2) is 18.8 Å². The molecule has 0 bridgehead atoms. The van der Waals surface area contributed by atoms with E-state index in [-0.39, 0.29) is 12.1 Å². The fourth-order valence-electron chi connectivity index (χ4n) is 2.79. The summed E-state index contributed by atoms with van der Waals surface area (Å²) in [5, 5.41) is 2.13. The van der Waals surface area contributed by atoms with Crippen molar-refractivity contribution in [3.63, 3.8) is 0 Å². The average Bonchev–Trinajstić information content (AvgIpc) is 2.61. The lowest BCUT2D eigenvalue weighted by molar-refractivity contribution is 0.0210. The predicted molar refractivity (Wildman–Crippen MR) is 91.1 cm³/mol. The van der Waals surface area contributed by atoms with Crippen LogP contribution in [0.3, 0.4) is 0 Å². The average molecular weight is 294 g/mol. The van der Waals surface area contributed by atoms with Crippen molar-refractivity contribution in [2.45, 2.75) is 25.0 Å². The number of nitrogens with one attached hydrogen (secondary N) is 1. The molecule has 1 aliphatic heterocycles. The Kier molecular flexibility index (Phi) is 4.88. The van der Waals surface area contributed by atoms with Crippen molar-refractivity contribution < 1.29 is 4.74 Å². The molecular weight excluding hydrogens is 272 g/mol. The third-order valence-corrected chi connectivity index (χ3v) is 3.92. The second kappa shape index (κ2) is 7.25. The van der Waals surface area contributed by atoms with Gasteiger partial charge in [0.15, 0.2) is 0 Å². The molecule has 0 saturated carbocycles. The number of benzene rings is 2. The minimum absolute atomic E-state index is 0.0451. The monoisotopic (exact) mass is 294 g/mol. The van der Waals surface area contributed by atoms with E-state index in [0.717, 1.165) is 30.8 Å². The zero-order valence-electron chi connectivity index (χ0n) is 12.7. The van der Waals surface area contributed by atoms with Gasteiger partial charge in [0.25, 0.3) is 0 Å². The molecule has 114 valence electrons. The Hall–Kier alpha value is -2.10. The van der Waals surface area contributed by atoms with Crippen LogP contribution >= 0.6 is 0 Å². The first-order valence-electron chi connectivity index (χ1n) is 7.79. The second-order valence-electron chi connectivity index (χ2n) is 5.46. The molecular formula is C19H22N2O. The molecule has 3 heteroatoms. The van der Waals surface area contributed by atoms with Gasteiger partial charge >= 0.3 is 0 Å². The van der Waals surface area contributed by atoms with E-state index in [0.29, 0.717) is 0 Å². The highest BCUT2D eigenvalue weighted by Crippen LogP contribution is 2.25. The molecule has 0 radical (unpaired) electrons. The van der Waals surface area contributed by atoms with Gasteiger partial charge in [-0.25, -0.2) is 5.43 Å². The van der Waals surface area contributed by atoms with Crippen molar-refractivity contribution >= 4 is 11.4 Å². The highest BCUT2D eigenvalue weighted by atomic mass is 16.5. The van der Waals surface area contributed by atoms with E-state index < -0.39 is 0 Å². The Bertz CT molecular complexity index is 545. The molecule has 1 fully saturated rings. The molecule has 0 amide bonds. The Balaban J connectivity index is 1.87. The van der Waals surface area contributed by atoms with Crippen LogP contribution in [0.25, 0.3) is 0 Å². The molecule has 0 aliphatic carbocycles. The zero-order chi connectivity index (χ0) is 15.2. The molecule has 0 spiro atoms. The van der Waals surface area contributed by atoms with E-state index in [4.69, 9.17) is 4.74 Å². The summed E-state index contributed by atoms with van der Waals surface area (Å²) in [6.07, 6.45) is 4.08. The maximum atomic E-state index is 5.81. The van der Waals surface area contributed by atoms with E-state index in [1.165, 1.54) is 0 Å². The number of para-hydroxylation sites is 2. The van der Waals surface area contributed by atoms with Crippen LogP contribution in [0.2, 0.25) is 0 Å². The number of ether oxygens (including phenoxy) is 1. The quantitative estimate of drug-likeness (QED) is 0.665. The highest BCUT2D eigenvalue weighted by molar-refractivity contribution is 5.61. The summed E-state index contributed by atoms with van der Waals surface area (Å²) in [5.41, 5.74) is 5.85. The topological polar surface area (TPSA) is 24.5 Å². The molecule has 1 aliphatic rings. The molecule has 2 atom stereocenters. The molecule has 22 heavy (non-hydrogen) atoms. The van der Waals surface area contributed by atoms with Crippen molar-refractivity contribution in [3.05, 3.63) is 73.3 Å². The van der Waals surface area contributed by atoms with E-state index in [1.54, 1.807) is 0 Å². The zero-order valence-corrected chi connectivity index (χ0v) is 12.7. The minimum atomic E-state index is 0.0451. The van der Waals surface area contributed by atoms with Gasteiger partial charge in [-0.05, 0) is 37.1 Å². The van der Waals surface area contributed by atoms with Crippen molar-refractivity contribution in [1.82, 2.24) is 5.43 Å². The van der Waals surface area contributed by atoms with Gasteiger partial charge in [-0.3, -0.25) is 5.01 Å². The molecule has 3 rings (SSSR count). The fraction of sp³-hybridized carbons (Fsp3) is 0.263. The molecule has 2 aromatic carbocycles. The number of nitrogens with zero attached hydrogens (tertiary/aromatic N) is 1. The molecule has 2 aromatic rings. The lowest BCUT2D eigenvalue weighted by atomic mass is 10.0. The van der Waals surface area contributed by atoms with Gasteiger partial charge in [0.1, 0.15) is 0 Å². The summed E-state index contributed by atoms with van der Waals surface area (Å²) in [7, 11) is 0. The van der Waals surface area contributed by atoms with Crippen LogP contribution in [0.1, 0.15) is 12.8 Å². The van der Waals surface area contributed by atoms with Crippen molar-refractivity contribution in [1.29, 1.82) is 0 Å². The first kappa shape index (κ1) is 14.8. The second-order valence-corrected chi connectivity index (χ2v) is 5.46. The van der Waals surface area contributed by atoms with Crippen LogP contribution in [0.4, 0.5) is 11.4 Å². The standard InChI is InChI=1S/C19H22N2O/c1-2-19-18(14-9-15-22-19)20-21(16-10-5-3-6-11-16)17-12-7-4-8-13-17/h2-8,10-13,18-20H,1,9,14-15H2/t18-,19+/m1/s1. The third-order valence-electron chi connectivity index (χ3n) is 3.92. The van der Waals surface area contributed by atoms with E-state index in [2.05, 4.69) is 65.5 Å². The maximum Gasteiger partial charge on any atom is 0.0924 e. The first-order valence-corrected chi connectivity index (χ1v) is 7.79. The van der Waals surface area contributed by atoms with E-state index in [1.807, 2.05) is 18.2 Å². The molecule has 1 saturated heterocycles. The van der Waals surface area contributed by atoms with Gasteiger partial charge in [-0.1, -0.05) is 42.5 Å². The van der Waals surface area contributed by atoms with Gasteiger partial charge in [-0.15, -0.1) is 6.58 Å². The van der Waals surface area contributed by atoms with Crippen molar-refractivity contribution in [2.75, 3.05) is 11.6 Å². The Morgan fingerprint density at radius 3 is 2.14 bits per heavy atom. The van der Waals surface area contributed by atoms with Gasteiger partial charge in [0, 0.05) is 6.61 Å². The van der Waals surface area contributed by atoms with Crippen LogP contribution in [0.15, 0.2) is 73.3 Å². The third kappa shape index (κ3) is 3.38. The molecule has 3 nitrogen and oxygen atoms in total. The molecule has 0 aromatic heterocycles. The van der Waals surface area contributed by atoms with Crippen molar-refractivity contribution in [2.24, 2.45) is 0 Å². The molecule has 0 unspecified atom stereocenters. The van der Waals surface area contributed by atoms with E-state index in [9.17, 15) is 0 Å². The predicted octanol–water partition coefficient (Wildman–Crippen LogP) is 4.06. The lowest BCUT2D eigenvalue weighted by Crippen LogP contribution is -2.50. The largest absolute Gasteiger partial charge is 0.372 e. The molecule has 1 heterocycles. The van der Waals surface area contributed by atoms with Crippen LogP contribution in [0.5, 0.6) is 0 Å². The smallest absolute Gasteiger partial charge is 0.0924 e. The number of hydrogen-bond acceptors (Lipinski definition) is 3. The van der Waals surface area contributed by atoms with Gasteiger partial charge in [0.2, 0.25) is 0 Å². The number of anilines is 2. The minimum Gasteiger partial charge on any atom is -0.372 e.